The molecule has 0 saturated heterocycles. The van der Waals surface area contributed by atoms with Gasteiger partial charge in [0.15, 0.2) is 5.03 Å². The summed E-state index contributed by atoms with van der Waals surface area (Å²) in [5.74, 6) is 0. The van der Waals surface area contributed by atoms with E-state index >= 15 is 0 Å². The van der Waals surface area contributed by atoms with E-state index in [1.807, 2.05) is 0 Å². The molecule has 0 aliphatic heterocycles. The Kier molecular flexibility index (Phi) is 1.28. The zero-order chi connectivity index (χ0) is 5.11. The molecule has 1 aromatic rings. The van der Waals surface area contributed by atoms with Crippen molar-refractivity contribution in [1.82, 2.24) is 15.4 Å². The number of aromatic nitrogens is 3. The van der Waals surface area contributed by atoms with Crippen LogP contribution in [0.3, 0.4) is 0 Å². The summed E-state index contributed by atoms with van der Waals surface area (Å²) in [7, 11) is 0. The SMILES string of the molecule is NSc1c[nH]nn1. The van der Waals surface area contributed by atoms with Gasteiger partial charge in [-0.25, -0.2) is 0 Å². The van der Waals surface area contributed by atoms with Gasteiger partial charge in [0.05, 0.1) is 6.20 Å². The predicted octanol–water partition coefficient (Wildman–Crippen LogP) is -0.230. The predicted molar refractivity (Wildman–Crippen MR) is 26.4 cm³/mol. The molecule has 7 heavy (non-hydrogen) atoms. The van der Waals surface area contributed by atoms with Crippen LogP contribution in [0.5, 0.6) is 0 Å². The first-order chi connectivity index (χ1) is 3.43. The monoisotopic (exact) mass is 116 g/mol. The van der Waals surface area contributed by atoms with Crippen molar-refractivity contribution in [2.45, 2.75) is 5.03 Å². The number of nitrogens with two attached hydrogens (primary N) is 1. The fourth-order valence-electron chi connectivity index (χ4n) is 0.249. The van der Waals surface area contributed by atoms with Crippen LogP contribution < -0.4 is 5.14 Å². The van der Waals surface area contributed by atoms with Gasteiger partial charge in [0.25, 0.3) is 0 Å². The largest absolute Gasteiger partial charge is 0.272 e. The number of aromatic amines is 1. The summed E-state index contributed by atoms with van der Waals surface area (Å²) in [5, 5.41) is 15.3. The van der Waals surface area contributed by atoms with Crippen molar-refractivity contribution in [2.75, 3.05) is 0 Å². The van der Waals surface area contributed by atoms with Gasteiger partial charge in [0.2, 0.25) is 0 Å². The van der Waals surface area contributed by atoms with Gasteiger partial charge in [0, 0.05) is 0 Å². The van der Waals surface area contributed by atoms with Crippen LogP contribution in [-0.2, 0) is 0 Å². The van der Waals surface area contributed by atoms with Gasteiger partial charge in [0.1, 0.15) is 0 Å². The molecule has 0 bridgehead atoms. The topological polar surface area (TPSA) is 67.6 Å². The molecule has 1 heterocycles. The minimum absolute atomic E-state index is 0.708. The van der Waals surface area contributed by atoms with Crippen molar-refractivity contribution in [2.24, 2.45) is 5.14 Å². The second kappa shape index (κ2) is 1.94. The first kappa shape index (κ1) is 4.61. The van der Waals surface area contributed by atoms with Crippen molar-refractivity contribution in [3.63, 3.8) is 0 Å². The number of nitrogens with zero attached hydrogens (tertiary/aromatic N) is 2. The molecule has 5 heteroatoms. The van der Waals surface area contributed by atoms with Gasteiger partial charge in [-0.15, -0.1) is 5.10 Å². The Hall–Kier alpha value is -0.550. The lowest BCUT2D eigenvalue weighted by Crippen LogP contribution is -1.77. The fraction of sp³-hybridized carbons (Fsp3) is 0. The third-order valence-electron chi connectivity index (χ3n) is 0.515. The Bertz CT molecular complexity index is 124. The van der Waals surface area contributed by atoms with Gasteiger partial charge in [-0.05, 0) is 11.9 Å². The summed E-state index contributed by atoms with van der Waals surface area (Å²) < 4.78 is 0. The van der Waals surface area contributed by atoms with E-state index in [2.05, 4.69) is 15.4 Å². The second-order valence-corrected chi connectivity index (χ2v) is 1.58. The van der Waals surface area contributed by atoms with Crippen molar-refractivity contribution in [1.29, 1.82) is 0 Å². The summed E-state index contributed by atoms with van der Waals surface area (Å²) >= 11 is 1.07. The molecule has 4 nitrogen and oxygen atoms in total. The molecular weight excluding hydrogens is 112 g/mol. The van der Waals surface area contributed by atoms with Crippen molar-refractivity contribution in [3.8, 4) is 0 Å². The molecule has 0 saturated carbocycles. The van der Waals surface area contributed by atoms with E-state index < -0.39 is 0 Å². The van der Waals surface area contributed by atoms with E-state index in [0.29, 0.717) is 5.03 Å². The maximum absolute atomic E-state index is 5.09. The van der Waals surface area contributed by atoms with Crippen LogP contribution in [0.1, 0.15) is 0 Å². The Morgan fingerprint density at radius 2 is 2.71 bits per heavy atom. The molecule has 0 amide bonds. The minimum Gasteiger partial charge on any atom is -0.272 e. The lowest BCUT2D eigenvalue weighted by molar-refractivity contribution is 0.911. The normalized spacial score (nSPS) is 9.29. The lowest BCUT2D eigenvalue weighted by Gasteiger charge is -1.74. The van der Waals surface area contributed by atoms with E-state index in [1.54, 1.807) is 6.20 Å². The fourth-order valence-corrected chi connectivity index (χ4v) is 0.457. The lowest BCUT2D eigenvalue weighted by atomic mass is 11.0. The van der Waals surface area contributed by atoms with Crippen molar-refractivity contribution >= 4 is 11.9 Å². The minimum atomic E-state index is 0.708. The highest BCUT2D eigenvalue weighted by molar-refractivity contribution is 7.97. The van der Waals surface area contributed by atoms with Crippen LogP contribution >= 0.6 is 11.9 Å². The highest BCUT2D eigenvalue weighted by atomic mass is 32.2. The first-order valence-corrected chi connectivity index (χ1v) is 2.54. The van der Waals surface area contributed by atoms with E-state index in [-0.39, 0.29) is 0 Å². The van der Waals surface area contributed by atoms with Crippen molar-refractivity contribution < 1.29 is 0 Å². The maximum atomic E-state index is 5.09. The molecule has 38 valence electrons. The van der Waals surface area contributed by atoms with Crippen LogP contribution in [0.25, 0.3) is 0 Å². The number of hydrogen-bond acceptors (Lipinski definition) is 4. The standard InChI is InChI=1S/C2H4N4S/c3-7-2-1-4-6-5-2/h1H,3H2,(H,4,5,6). The summed E-state index contributed by atoms with van der Waals surface area (Å²) in [6.07, 6.45) is 1.63. The molecule has 0 aliphatic rings. The Balaban J connectivity index is 2.76. The molecule has 1 rings (SSSR count). The Labute approximate surface area is 44.6 Å². The molecule has 0 fully saturated rings. The Morgan fingerprint density at radius 1 is 1.86 bits per heavy atom. The summed E-state index contributed by atoms with van der Waals surface area (Å²) in [6, 6.07) is 0. The average molecular weight is 116 g/mol. The van der Waals surface area contributed by atoms with Gasteiger partial charge in [-0.1, -0.05) is 5.21 Å². The molecule has 0 aromatic carbocycles. The van der Waals surface area contributed by atoms with Gasteiger partial charge in [-0.2, -0.15) is 0 Å². The van der Waals surface area contributed by atoms with Gasteiger partial charge >= 0.3 is 0 Å². The molecule has 0 spiro atoms. The van der Waals surface area contributed by atoms with Crippen LogP contribution in [0.15, 0.2) is 11.2 Å². The van der Waals surface area contributed by atoms with Crippen LogP contribution in [-0.4, -0.2) is 15.4 Å². The zero-order valence-electron chi connectivity index (χ0n) is 3.46. The quantitative estimate of drug-likeness (QED) is 0.497. The number of hydrogen-bond donors (Lipinski definition) is 2. The maximum Gasteiger partial charge on any atom is 0.153 e. The van der Waals surface area contributed by atoms with E-state index in [9.17, 15) is 0 Å². The molecule has 1 aromatic heterocycles. The molecule has 0 unspecified atom stereocenters. The van der Waals surface area contributed by atoms with Gasteiger partial charge < -0.3 is 0 Å². The molecule has 0 atom stereocenters. The summed E-state index contributed by atoms with van der Waals surface area (Å²) in [6.45, 7) is 0. The van der Waals surface area contributed by atoms with Crippen molar-refractivity contribution in [3.05, 3.63) is 6.20 Å². The number of nitrogens with one attached hydrogen (secondary N) is 1. The third-order valence-corrected chi connectivity index (χ3v) is 0.956. The first-order valence-electron chi connectivity index (χ1n) is 1.66. The highest BCUT2D eigenvalue weighted by Gasteiger charge is 1.86. The van der Waals surface area contributed by atoms with Crippen LogP contribution in [0.4, 0.5) is 0 Å². The highest BCUT2D eigenvalue weighted by Crippen LogP contribution is 2.00. The number of rotatable bonds is 1. The second-order valence-electron chi connectivity index (χ2n) is 0.930. The van der Waals surface area contributed by atoms with Crippen LogP contribution in [0, 0.1) is 0 Å². The third kappa shape index (κ3) is 0.908. The summed E-state index contributed by atoms with van der Waals surface area (Å²) in [4.78, 5) is 0. The zero-order valence-corrected chi connectivity index (χ0v) is 4.27. The van der Waals surface area contributed by atoms with Crippen LogP contribution in [0.2, 0.25) is 0 Å². The molecule has 0 radical (unpaired) electrons. The Morgan fingerprint density at radius 3 is 3.00 bits per heavy atom. The van der Waals surface area contributed by atoms with Gasteiger partial charge in [-0.3, -0.25) is 10.2 Å². The average Bonchev–Trinajstić information content (AvgIpc) is 2.14. The number of H-pyrrole nitrogens is 1. The van der Waals surface area contributed by atoms with E-state index in [1.165, 1.54) is 0 Å². The van der Waals surface area contributed by atoms with E-state index in [4.69, 9.17) is 5.14 Å². The molecular formula is C2H4N4S. The molecule has 0 aliphatic carbocycles. The summed E-state index contributed by atoms with van der Waals surface area (Å²) in [5.41, 5.74) is 0. The smallest absolute Gasteiger partial charge is 0.153 e. The molecule has 3 N–H and O–H groups in total. The van der Waals surface area contributed by atoms with E-state index in [0.717, 1.165) is 11.9 Å².